The summed E-state index contributed by atoms with van der Waals surface area (Å²) in [6.45, 7) is 11.5. The van der Waals surface area contributed by atoms with Crippen molar-refractivity contribution in [2.75, 3.05) is 26.3 Å². The Hall–Kier alpha value is -1.55. The SMILES string of the molecule is CCNC(=NCc1scnc1C)NCCc1ccc(OCC)c(OCC)c1.I. The Morgan fingerprint density at radius 3 is 2.50 bits per heavy atom. The lowest BCUT2D eigenvalue weighted by molar-refractivity contribution is 0.287. The predicted molar refractivity (Wildman–Crippen MR) is 128 cm³/mol. The highest BCUT2D eigenvalue weighted by atomic mass is 127. The summed E-state index contributed by atoms with van der Waals surface area (Å²) in [5.74, 6) is 2.42. The van der Waals surface area contributed by atoms with Crippen LogP contribution in [0.5, 0.6) is 11.5 Å². The Morgan fingerprint density at radius 1 is 1.11 bits per heavy atom. The molecule has 156 valence electrons. The molecule has 0 aliphatic rings. The Morgan fingerprint density at radius 2 is 1.86 bits per heavy atom. The molecule has 2 N–H and O–H groups in total. The molecule has 0 fully saturated rings. The Bertz CT molecular complexity index is 737. The summed E-state index contributed by atoms with van der Waals surface area (Å²) in [5, 5.41) is 6.68. The standard InChI is InChI=1S/C20H30N4O2S.HI/c1-5-21-20(23-13-19-15(4)24-14-27-19)22-11-10-16-8-9-17(25-6-2)18(12-16)26-7-3;/h8-9,12,14H,5-7,10-11,13H2,1-4H3,(H2,21,22,23);1H. The van der Waals surface area contributed by atoms with Gasteiger partial charge in [-0.25, -0.2) is 9.98 Å². The van der Waals surface area contributed by atoms with Gasteiger partial charge in [-0.1, -0.05) is 6.07 Å². The fourth-order valence-electron chi connectivity index (χ4n) is 2.55. The maximum absolute atomic E-state index is 5.70. The summed E-state index contributed by atoms with van der Waals surface area (Å²) in [7, 11) is 0. The molecule has 0 aliphatic carbocycles. The van der Waals surface area contributed by atoms with Crippen molar-refractivity contribution >= 4 is 41.3 Å². The molecule has 0 aliphatic heterocycles. The van der Waals surface area contributed by atoms with Gasteiger partial charge in [0.1, 0.15) is 0 Å². The maximum atomic E-state index is 5.70. The molecular formula is C20H31IN4O2S. The second-order valence-electron chi connectivity index (χ2n) is 5.88. The van der Waals surface area contributed by atoms with Crippen LogP contribution in [-0.2, 0) is 13.0 Å². The third-order valence-corrected chi connectivity index (χ3v) is 4.80. The molecular weight excluding hydrogens is 487 g/mol. The first-order valence-corrected chi connectivity index (χ1v) is 10.4. The van der Waals surface area contributed by atoms with Gasteiger partial charge in [0.05, 0.1) is 31.0 Å². The average Bonchev–Trinajstić information content (AvgIpc) is 3.07. The molecule has 28 heavy (non-hydrogen) atoms. The maximum Gasteiger partial charge on any atom is 0.191 e. The zero-order chi connectivity index (χ0) is 19.5. The number of hydrogen-bond acceptors (Lipinski definition) is 5. The van der Waals surface area contributed by atoms with Crippen LogP contribution in [0.4, 0.5) is 0 Å². The molecule has 1 aromatic heterocycles. The zero-order valence-electron chi connectivity index (χ0n) is 17.1. The van der Waals surface area contributed by atoms with Crippen molar-refractivity contribution in [2.24, 2.45) is 4.99 Å². The molecule has 0 saturated carbocycles. The van der Waals surface area contributed by atoms with Crippen LogP contribution in [0.2, 0.25) is 0 Å². The van der Waals surface area contributed by atoms with Gasteiger partial charge in [0.25, 0.3) is 0 Å². The van der Waals surface area contributed by atoms with Crippen LogP contribution in [0.1, 0.15) is 36.9 Å². The van der Waals surface area contributed by atoms with Crippen LogP contribution in [0, 0.1) is 6.92 Å². The minimum Gasteiger partial charge on any atom is -0.490 e. The highest BCUT2D eigenvalue weighted by Gasteiger charge is 2.07. The Balaban J connectivity index is 0.00000392. The van der Waals surface area contributed by atoms with E-state index in [0.29, 0.717) is 19.8 Å². The topological polar surface area (TPSA) is 67.8 Å². The van der Waals surface area contributed by atoms with Gasteiger partial charge in [-0.3, -0.25) is 0 Å². The molecule has 0 saturated heterocycles. The molecule has 0 unspecified atom stereocenters. The van der Waals surface area contributed by atoms with Crippen LogP contribution < -0.4 is 20.1 Å². The van der Waals surface area contributed by atoms with Gasteiger partial charge in [-0.15, -0.1) is 35.3 Å². The highest BCUT2D eigenvalue weighted by molar-refractivity contribution is 14.0. The number of guanidine groups is 1. The minimum atomic E-state index is 0. The smallest absolute Gasteiger partial charge is 0.191 e. The van der Waals surface area contributed by atoms with E-state index in [1.54, 1.807) is 11.3 Å². The normalized spacial score (nSPS) is 10.9. The second-order valence-corrected chi connectivity index (χ2v) is 6.82. The number of aliphatic imine (C=N–C) groups is 1. The lowest BCUT2D eigenvalue weighted by atomic mass is 10.1. The van der Waals surface area contributed by atoms with Crippen LogP contribution in [-0.4, -0.2) is 37.2 Å². The number of hydrogen-bond donors (Lipinski definition) is 2. The van der Waals surface area contributed by atoms with E-state index in [2.05, 4.69) is 39.7 Å². The van der Waals surface area contributed by atoms with Crippen molar-refractivity contribution in [2.45, 2.75) is 40.7 Å². The number of halogens is 1. The monoisotopic (exact) mass is 518 g/mol. The van der Waals surface area contributed by atoms with E-state index in [-0.39, 0.29) is 24.0 Å². The average molecular weight is 518 g/mol. The third-order valence-electron chi connectivity index (χ3n) is 3.88. The number of benzene rings is 1. The van der Waals surface area contributed by atoms with Gasteiger partial charge in [-0.2, -0.15) is 0 Å². The summed E-state index contributed by atoms with van der Waals surface area (Å²) in [5.41, 5.74) is 4.11. The molecule has 2 aromatic rings. The number of ether oxygens (including phenoxy) is 2. The first kappa shape index (κ1) is 24.5. The predicted octanol–water partition coefficient (Wildman–Crippen LogP) is 4.16. The van der Waals surface area contributed by atoms with Gasteiger partial charge in [0, 0.05) is 18.0 Å². The van der Waals surface area contributed by atoms with Crippen molar-refractivity contribution in [3.63, 3.8) is 0 Å². The highest BCUT2D eigenvalue weighted by Crippen LogP contribution is 2.28. The summed E-state index contributed by atoms with van der Waals surface area (Å²) in [4.78, 5) is 10.1. The van der Waals surface area contributed by atoms with E-state index in [9.17, 15) is 0 Å². The van der Waals surface area contributed by atoms with E-state index >= 15 is 0 Å². The van der Waals surface area contributed by atoms with E-state index in [0.717, 1.165) is 42.7 Å². The molecule has 0 radical (unpaired) electrons. The summed E-state index contributed by atoms with van der Waals surface area (Å²) in [6.07, 6.45) is 0.872. The van der Waals surface area contributed by atoms with E-state index < -0.39 is 0 Å². The molecule has 1 heterocycles. The fourth-order valence-corrected chi connectivity index (χ4v) is 3.25. The third kappa shape index (κ3) is 7.83. The Kier molecular flexibility index (Phi) is 11.9. The van der Waals surface area contributed by atoms with Crippen LogP contribution >= 0.6 is 35.3 Å². The van der Waals surface area contributed by atoms with Crippen molar-refractivity contribution < 1.29 is 9.47 Å². The van der Waals surface area contributed by atoms with Crippen LogP contribution in [0.25, 0.3) is 0 Å². The van der Waals surface area contributed by atoms with Crippen molar-refractivity contribution in [1.29, 1.82) is 0 Å². The lowest BCUT2D eigenvalue weighted by Crippen LogP contribution is -2.38. The molecule has 0 amide bonds. The first-order chi connectivity index (χ1) is 13.2. The van der Waals surface area contributed by atoms with Gasteiger partial charge in [-0.05, 0) is 51.8 Å². The van der Waals surface area contributed by atoms with E-state index in [1.165, 1.54) is 10.4 Å². The molecule has 6 nitrogen and oxygen atoms in total. The molecule has 8 heteroatoms. The lowest BCUT2D eigenvalue weighted by Gasteiger charge is -2.14. The quantitative estimate of drug-likeness (QED) is 0.281. The summed E-state index contributed by atoms with van der Waals surface area (Å²) < 4.78 is 11.3. The molecule has 2 rings (SSSR count). The number of aromatic nitrogens is 1. The van der Waals surface area contributed by atoms with Gasteiger partial charge >= 0.3 is 0 Å². The van der Waals surface area contributed by atoms with Crippen molar-refractivity contribution in [3.8, 4) is 11.5 Å². The number of rotatable bonds is 10. The summed E-state index contributed by atoms with van der Waals surface area (Å²) in [6, 6.07) is 6.12. The van der Waals surface area contributed by atoms with E-state index in [1.807, 2.05) is 32.3 Å². The van der Waals surface area contributed by atoms with Crippen molar-refractivity contribution in [3.05, 3.63) is 39.8 Å². The first-order valence-electron chi connectivity index (χ1n) is 9.47. The minimum absolute atomic E-state index is 0. The molecule has 0 bridgehead atoms. The van der Waals surface area contributed by atoms with Crippen LogP contribution in [0.15, 0.2) is 28.7 Å². The van der Waals surface area contributed by atoms with Gasteiger partial charge in [0.2, 0.25) is 0 Å². The Labute approximate surface area is 189 Å². The molecule has 0 atom stereocenters. The second kappa shape index (κ2) is 13.6. The largest absolute Gasteiger partial charge is 0.490 e. The van der Waals surface area contributed by atoms with Gasteiger partial charge < -0.3 is 20.1 Å². The number of aryl methyl sites for hydroxylation is 1. The molecule has 1 aromatic carbocycles. The number of nitrogens with zero attached hydrogens (tertiary/aromatic N) is 2. The van der Waals surface area contributed by atoms with E-state index in [4.69, 9.17) is 9.47 Å². The fraction of sp³-hybridized carbons (Fsp3) is 0.500. The number of nitrogens with one attached hydrogen (secondary N) is 2. The molecule has 0 spiro atoms. The van der Waals surface area contributed by atoms with Crippen LogP contribution in [0.3, 0.4) is 0 Å². The van der Waals surface area contributed by atoms with Gasteiger partial charge in [0.15, 0.2) is 17.5 Å². The van der Waals surface area contributed by atoms with Crippen molar-refractivity contribution in [1.82, 2.24) is 15.6 Å². The zero-order valence-corrected chi connectivity index (χ0v) is 20.2. The summed E-state index contributed by atoms with van der Waals surface area (Å²) >= 11 is 1.64. The number of thiazole rings is 1.